The van der Waals surface area contributed by atoms with Gasteiger partial charge in [0.25, 0.3) is 0 Å². The summed E-state index contributed by atoms with van der Waals surface area (Å²) in [6.45, 7) is 1.68. The van der Waals surface area contributed by atoms with Crippen LogP contribution in [0.1, 0.15) is 18.6 Å². The van der Waals surface area contributed by atoms with Crippen molar-refractivity contribution in [2.45, 2.75) is 19.1 Å². The molecule has 1 rings (SSSR count). The second kappa shape index (κ2) is 6.74. The van der Waals surface area contributed by atoms with Gasteiger partial charge in [0.05, 0.1) is 13.7 Å². The fourth-order valence-electron chi connectivity index (χ4n) is 1.48. The van der Waals surface area contributed by atoms with Crippen LogP contribution in [0.2, 0.25) is 0 Å². The van der Waals surface area contributed by atoms with Gasteiger partial charge in [-0.1, -0.05) is 15.9 Å². The van der Waals surface area contributed by atoms with E-state index in [0.717, 1.165) is 0 Å². The number of carbonyl (C=O) groups is 1. The van der Waals surface area contributed by atoms with E-state index in [0.29, 0.717) is 4.47 Å². The molecule has 106 valence electrons. The molecule has 0 saturated heterocycles. The minimum absolute atomic E-state index is 0.0949. The molecule has 0 bridgehead atoms. The Labute approximate surface area is 118 Å². The zero-order valence-electron chi connectivity index (χ0n) is 10.5. The third-order valence-corrected chi connectivity index (χ3v) is 3.13. The maximum atomic E-state index is 11.3. The predicted molar refractivity (Wildman–Crippen MR) is 70.0 cm³/mol. The zero-order chi connectivity index (χ0) is 14.6. The number of rotatable bonds is 5. The van der Waals surface area contributed by atoms with Crippen molar-refractivity contribution < 1.29 is 29.6 Å². The number of methoxy groups -OCH3 is 1. The van der Waals surface area contributed by atoms with Crippen LogP contribution in [-0.4, -0.2) is 41.1 Å². The van der Waals surface area contributed by atoms with E-state index >= 15 is 0 Å². The van der Waals surface area contributed by atoms with Gasteiger partial charge in [-0.2, -0.15) is 0 Å². The van der Waals surface area contributed by atoms with Crippen molar-refractivity contribution in [3.8, 4) is 11.5 Å². The van der Waals surface area contributed by atoms with Crippen LogP contribution in [-0.2, 0) is 9.53 Å². The van der Waals surface area contributed by atoms with Gasteiger partial charge in [0.2, 0.25) is 0 Å². The van der Waals surface area contributed by atoms with Gasteiger partial charge in [0.15, 0.2) is 17.6 Å². The van der Waals surface area contributed by atoms with Crippen LogP contribution in [0.4, 0.5) is 0 Å². The Kier molecular flexibility index (Phi) is 5.59. The normalized spacial score (nSPS) is 13.7. The molecule has 0 amide bonds. The summed E-state index contributed by atoms with van der Waals surface area (Å²) in [6.07, 6.45) is -3.26. The fourth-order valence-corrected chi connectivity index (χ4v) is 2.03. The average Bonchev–Trinajstić information content (AvgIpc) is 2.39. The number of aliphatic hydroxyl groups excluding tert-OH is 2. The Hall–Kier alpha value is -1.31. The minimum atomic E-state index is -1.73. The van der Waals surface area contributed by atoms with Gasteiger partial charge < -0.3 is 24.8 Å². The monoisotopic (exact) mass is 334 g/mol. The summed E-state index contributed by atoms with van der Waals surface area (Å²) >= 11 is 3.16. The Morgan fingerprint density at radius 3 is 2.58 bits per heavy atom. The molecule has 0 heterocycles. The van der Waals surface area contributed by atoms with Crippen molar-refractivity contribution in [1.29, 1.82) is 0 Å². The second-order valence-corrected chi connectivity index (χ2v) is 4.54. The van der Waals surface area contributed by atoms with E-state index < -0.39 is 18.2 Å². The van der Waals surface area contributed by atoms with E-state index in [-0.39, 0.29) is 23.7 Å². The fraction of sp³-hybridized carbons (Fsp3) is 0.417. The number of phenols is 1. The number of hydrogen-bond acceptors (Lipinski definition) is 6. The summed E-state index contributed by atoms with van der Waals surface area (Å²) in [5.41, 5.74) is 0.152. The number of ether oxygens (including phenoxy) is 2. The maximum Gasteiger partial charge on any atom is 0.338 e. The molecule has 0 aliphatic heterocycles. The van der Waals surface area contributed by atoms with Crippen LogP contribution >= 0.6 is 15.9 Å². The van der Waals surface area contributed by atoms with E-state index in [1.54, 1.807) is 6.92 Å². The summed E-state index contributed by atoms with van der Waals surface area (Å²) in [5, 5.41) is 29.2. The van der Waals surface area contributed by atoms with Crippen LogP contribution < -0.4 is 4.74 Å². The summed E-state index contributed by atoms with van der Waals surface area (Å²) in [6, 6.07) is 2.63. The molecule has 0 aliphatic carbocycles. The molecule has 7 heteroatoms. The standard InChI is InChI=1S/C12H15BrO6/c1-3-19-12(17)11(16)10(15)6-4-8(14)9(18-2)5-7(6)13/h4-5,10-11,14-16H,3H2,1-2H3. The Balaban J connectivity index is 3.02. The van der Waals surface area contributed by atoms with Gasteiger partial charge in [0.1, 0.15) is 6.10 Å². The third kappa shape index (κ3) is 3.59. The lowest BCUT2D eigenvalue weighted by Gasteiger charge is -2.18. The van der Waals surface area contributed by atoms with Gasteiger partial charge >= 0.3 is 5.97 Å². The first-order chi connectivity index (χ1) is 8.92. The molecule has 0 spiro atoms. The van der Waals surface area contributed by atoms with E-state index in [1.165, 1.54) is 19.2 Å². The van der Waals surface area contributed by atoms with Crippen LogP contribution in [0.25, 0.3) is 0 Å². The summed E-state index contributed by atoms with van der Waals surface area (Å²) in [5.74, 6) is -0.943. The van der Waals surface area contributed by atoms with Crippen molar-refractivity contribution in [3.05, 3.63) is 22.2 Å². The molecule has 3 N–H and O–H groups in total. The van der Waals surface area contributed by atoms with Crippen molar-refractivity contribution in [1.82, 2.24) is 0 Å². The van der Waals surface area contributed by atoms with Crippen LogP contribution in [0.5, 0.6) is 11.5 Å². The molecule has 0 saturated carbocycles. The maximum absolute atomic E-state index is 11.3. The molecule has 6 nitrogen and oxygen atoms in total. The minimum Gasteiger partial charge on any atom is -0.504 e. The highest BCUT2D eigenvalue weighted by molar-refractivity contribution is 9.10. The van der Waals surface area contributed by atoms with Gasteiger partial charge in [0, 0.05) is 10.0 Å². The zero-order valence-corrected chi connectivity index (χ0v) is 12.0. The highest BCUT2D eigenvalue weighted by atomic mass is 79.9. The molecule has 1 aromatic rings. The quantitative estimate of drug-likeness (QED) is 0.698. The molecule has 2 atom stereocenters. The number of hydrogen-bond donors (Lipinski definition) is 3. The van der Waals surface area contributed by atoms with E-state index in [9.17, 15) is 20.1 Å². The highest BCUT2D eigenvalue weighted by Gasteiger charge is 2.29. The highest BCUT2D eigenvalue weighted by Crippen LogP contribution is 2.36. The third-order valence-electron chi connectivity index (χ3n) is 2.44. The smallest absolute Gasteiger partial charge is 0.338 e. The van der Waals surface area contributed by atoms with E-state index in [2.05, 4.69) is 20.7 Å². The molecule has 1 aromatic carbocycles. The Bertz CT molecular complexity index is 462. The van der Waals surface area contributed by atoms with Crippen molar-refractivity contribution in [2.75, 3.05) is 13.7 Å². The summed E-state index contributed by atoms with van der Waals surface area (Å²) in [7, 11) is 1.38. The Morgan fingerprint density at radius 1 is 1.42 bits per heavy atom. The van der Waals surface area contributed by atoms with Crippen molar-refractivity contribution in [3.63, 3.8) is 0 Å². The summed E-state index contributed by atoms with van der Waals surface area (Å²) in [4.78, 5) is 11.3. The number of aromatic hydroxyl groups is 1. The first kappa shape index (κ1) is 15.7. The number of aliphatic hydroxyl groups is 2. The van der Waals surface area contributed by atoms with Crippen molar-refractivity contribution in [2.24, 2.45) is 0 Å². The first-order valence-corrected chi connectivity index (χ1v) is 6.30. The Morgan fingerprint density at radius 2 is 2.05 bits per heavy atom. The molecule has 2 unspecified atom stereocenters. The number of halogens is 1. The van der Waals surface area contributed by atoms with E-state index in [4.69, 9.17) is 4.74 Å². The second-order valence-electron chi connectivity index (χ2n) is 3.69. The molecular weight excluding hydrogens is 320 g/mol. The van der Waals surface area contributed by atoms with Gasteiger partial charge in [-0.05, 0) is 19.1 Å². The lowest BCUT2D eigenvalue weighted by atomic mass is 10.0. The lowest BCUT2D eigenvalue weighted by molar-refractivity contribution is -0.159. The molecule has 0 radical (unpaired) electrons. The topological polar surface area (TPSA) is 96.2 Å². The molecular formula is C12H15BrO6. The molecule has 0 fully saturated rings. The lowest BCUT2D eigenvalue weighted by Crippen LogP contribution is -2.30. The number of esters is 1. The number of phenolic OH excluding ortho intramolecular Hbond substituents is 1. The van der Waals surface area contributed by atoms with Crippen LogP contribution in [0.15, 0.2) is 16.6 Å². The largest absolute Gasteiger partial charge is 0.504 e. The van der Waals surface area contributed by atoms with Gasteiger partial charge in [-0.15, -0.1) is 0 Å². The van der Waals surface area contributed by atoms with Gasteiger partial charge in [-0.3, -0.25) is 0 Å². The molecule has 0 aliphatic rings. The summed E-state index contributed by atoms with van der Waals surface area (Å²) < 4.78 is 9.89. The number of benzene rings is 1. The van der Waals surface area contributed by atoms with Crippen LogP contribution in [0.3, 0.4) is 0 Å². The average molecular weight is 335 g/mol. The number of carbonyl (C=O) groups excluding carboxylic acids is 1. The van der Waals surface area contributed by atoms with Gasteiger partial charge in [-0.25, -0.2) is 4.79 Å². The first-order valence-electron chi connectivity index (χ1n) is 5.51. The predicted octanol–water partition coefficient (Wildman–Crippen LogP) is 1.12. The molecule has 0 aromatic heterocycles. The van der Waals surface area contributed by atoms with E-state index in [1.807, 2.05) is 0 Å². The molecule has 19 heavy (non-hydrogen) atoms. The van der Waals surface area contributed by atoms with Crippen LogP contribution in [0, 0.1) is 0 Å². The SMILES string of the molecule is CCOC(=O)C(O)C(O)c1cc(O)c(OC)cc1Br. The van der Waals surface area contributed by atoms with Crippen molar-refractivity contribution >= 4 is 21.9 Å².